The van der Waals surface area contributed by atoms with Gasteiger partial charge in [-0.1, -0.05) is 48.5 Å². The third-order valence-corrected chi connectivity index (χ3v) is 5.03. The van der Waals surface area contributed by atoms with Crippen LogP contribution in [0.4, 0.5) is 0 Å². The summed E-state index contributed by atoms with van der Waals surface area (Å²) in [6.07, 6.45) is 1.25. The van der Waals surface area contributed by atoms with Crippen LogP contribution in [0.5, 0.6) is 0 Å². The van der Waals surface area contributed by atoms with Crippen molar-refractivity contribution in [3.05, 3.63) is 71.4 Å². The number of aromatic nitrogens is 1. The molecule has 1 aliphatic carbocycles. The number of nitrogens with zero attached hydrogens (tertiary/aromatic N) is 1. The quantitative estimate of drug-likeness (QED) is 0.787. The van der Waals surface area contributed by atoms with Crippen LogP contribution < -0.4 is 0 Å². The Hall–Kier alpha value is -2.88. The molecule has 25 heavy (non-hydrogen) atoms. The first kappa shape index (κ1) is 15.6. The molecule has 1 unspecified atom stereocenters. The minimum absolute atomic E-state index is 0.0216. The fourth-order valence-corrected chi connectivity index (χ4v) is 3.89. The molecule has 0 fully saturated rings. The SMILES string of the molecule is O=C(O)CC1CCc2c(c3ccccc3n2Cc2ccccc2)C1=O. The second-order valence-electron chi connectivity index (χ2n) is 6.61. The highest BCUT2D eigenvalue weighted by Crippen LogP contribution is 2.35. The maximum atomic E-state index is 13.0. The molecule has 0 amide bonds. The Morgan fingerprint density at radius 2 is 1.80 bits per heavy atom. The Bertz CT molecular complexity index is 956. The molecule has 0 spiro atoms. The number of carbonyl (C=O) groups excluding carboxylic acids is 1. The van der Waals surface area contributed by atoms with Crippen LogP contribution in [0, 0.1) is 5.92 Å². The number of fused-ring (bicyclic) bond motifs is 3. The first-order valence-corrected chi connectivity index (χ1v) is 8.55. The maximum absolute atomic E-state index is 13.0. The van der Waals surface area contributed by atoms with Crippen LogP contribution in [0.2, 0.25) is 0 Å². The molecular formula is C21H19NO3. The normalized spacial score (nSPS) is 16.8. The van der Waals surface area contributed by atoms with Crippen molar-refractivity contribution >= 4 is 22.7 Å². The largest absolute Gasteiger partial charge is 0.481 e. The topological polar surface area (TPSA) is 59.3 Å². The summed E-state index contributed by atoms with van der Waals surface area (Å²) in [5.41, 5.74) is 3.99. The zero-order chi connectivity index (χ0) is 17.4. The lowest BCUT2D eigenvalue weighted by Crippen LogP contribution is -2.25. The van der Waals surface area contributed by atoms with E-state index in [1.54, 1.807) is 0 Å². The molecular weight excluding hydrogens is 314 g/mol. The highest BCUT2D eigenvalue weighted by Gasteiger charge is 2.33. The number of carboxylic acid groups (broad SMARTS) is 1. The monoisotopic (exact) mass is 333 g/mol. The number of Topliss-reactive ketones (excluding diaryl/α,β-unsaturated/α-hetero) is 1. The molecule has 1 aromatic heterocycles. The van der Waals surface area contributed by atoms with Crippen molar-refractivity contribution in [1.82, 2.24) is 4.57 Å². The summed E-state index contributed by atoms with van der Waals surface area (Å²) >= 11 is 0. The predicted molar refractivity (Wildman–Crippen MR) is 95.9 cm³/mol. The number of carboxylic acids is 1. The van der Waals surface area contributed by atoms with Gasteiger partial charge in [0.15, 0.2) is 5.78 Å². The van der Waals surface area contributed by atoms with Gasteiger partial charge in [-0.25, -0.2) is 0 Å². The average molecular weight is 333 g/mol. The molecule has 0 bridgehead atoms. The van der Waals surface area contributed by atoms with Crippen LogP contribution in [0.3, 0.4) is 0 Å². The second-order valence-corrected chi connectivity index (χ2v) is 6.61. The van der Waals surface area contributed by atoms with Gasteiger partial charge < -0.3 is 9.67 Å². The minimum atomic E-state index is -0.908. The molecule has 0 aliphatic heterocycles. The molecule has 0 saturated carbocycles. The predicted octanol–water partition coefficient (Wildman–Crippen LogP) is 3.91. The maximum Gasteiger partial charge on any atom is 0.304 e. The first-order chi connectivity index (χ1) is 12.1. The van der Waals surface area contributed by atoms with Crippen molar-refractivity contribution in [2.24, 2.45) is 5.92 Å². The Labute approximate surface area is 145 Å². The van der Waals surface area contributed by atoms with E-state index in [-0.39, 0.29) is 12.2 Å². The highest BCUT2D eigenvalue weighted by atomic mass is 16.4. The van der Waals surface area contributed by atoms with Gasteiger partial charge in [0.25, 0.3) is 0 Å². The molecule has 126 valence electrons. The van der Waals surface area contributed by atoms with Crippen LogP contribution >= 0.6 is 0 Å². The van der Waals surface area contributed by atoms with Crippen LogP contribution in [0.15, 0.2) is 54.6 Å². The Morgan fingerprint density at radius 3 is 2.56 bits per heavy atom. The molecule has 1 heterocycles. The van der Waals surface area contributed by atoms with E-state index >= 15 is 0 Å². The van der Waals surface area contributed by atoms with Gasteiger partial charge in [-0.2, -0.15) is 0 Å². The van der Waals surface area contributed by atoms with Gasteiger partial charge >= 0.3 is 5.97 Å². The molecule has 4 nitrogen and oxygen atoms in total. The van der Waals surface area contributed by atoms with E-state index in [0.717, 1.165) is 28.6 Å². The number of hydrogen-bond acceptors (Lipinski definition) is 2. The number of aliphatic carboxylic acids is 1. The Morgan fingerprint density at radius 1 is 1.08 bits per heavy atom. The van der Waals surface area contributed by atoms with Gasteiger partial charge in [-0.15, -0.1) is 0 Å². The van der Waals surface area contributed by atoms with E-state index in [2.05, 4.69) is 16.7 Å². The summed E-state index contributed by atoms with van der Waals surface area (Å²) in [7, 11) is 0. The number of para-hydroxylation sites is 1. The minimum Gasteiger partial charge on any atom is -0.481 e. The number of hydrogen-bond donors (Lipinski definition) is 1. The van der Waals surface area contributed by atoms with Gasteiger partial charge in [0.2, 0.25) is 0 Å². The van der Waals surface area contributed by atoms with Crippen LogP contribution in [-0.4, -0.2) is 21.4 Å². The van der Waals surface area contributed by atoms with Gasteiger partial charge in [0, 0.05) is 34.6 Å². The molecule has 0 radical (unpaired) electrons. The van der Waals surface area contributed by atoms with E-state index in [1.807, 2.05) is 42.5 Å². The summed E-state index contributed by atoms with van der Waals surface area (Å²) < 4.78 is 2.22. The zero-order valence-corrected chi connectivity index (χ0v) is 13.8. The standard InChI is InChI=1S/C21H19NO3/c23-19(24)12-15-10-11-18-20(21(15)25)16-8-4-5-9-17(16)22(18)13-14-6-2-1-3-7-14/h1-9,15H,10-13H2,(H,23,24). The van der Waals surface area contributed by atoms with Crippen molar-refractivity contribution < 1.29 is 14.7 Å². The smallest absolute Gasteiger partial charge is 0.304 e. The van der Waals surface area contributed by atoms with Gasteiger partial charge in [0.05, 0.1) is 6.42 Å². The fraction of sp³-hybridized carbons (Fsp3) is 0.238. The van der Waals surface area contributed by atoms with Gasteiger partial charge in [0.1, 0.15) is 0 Å². The van der Waals surface area contributed by atoms with Crippen LogP contribution in [0.25, 0.3) is 10.9 Å². The van der Waals surface area contributed by atoms with Crippen molar-refractivity contribution in [2.45, 2.75) is 25.8 Å². The lowest BCUT2D eigenvalue weighted by atomic mass is 9.83. The number of ketones is 1. The Kier molecular flexibility index (Phi) is 3.88. The van der Waals surface area contributed by atoms with Crippen molar-refractivity contribution in [1.29, 1.82) is 0 Å². The first-order valence-electron chi connectivity index (χ1n) is 8.55. The van der Waals surface area contributed by atoms with E-state index in [9.17, 15) is 9.59 Å². The van der Waals surface area contributed by atoms with Gasteiger partial charge in [-0.3, -0.25) is 9.59 Å². The molecule has 1 aliphatic rings. The summed E-state index contributed by atoms with van der Waals surface area (Å²) in [5.74, 6) is -1.34. The highest BCUT2D eigenvalue weighted by molar-refractivity contribution is 6.12. The van der Waals surface area contributed by atoms with Crippen molar-refractivity contribution in [2.75, 3.05) is 0 Å². The molecule has 4 heteroatoms. The molecule has 1 N–H and O–H groups in total. The van der Waals surface area contributed by atoms with E-state index in [0.29, 0.717) is 13.0 Å². The third kappa shape index (κ3) is 2.74. The number of carbonyl (C=O) groups is 2. The summed E-state index contributed by atoms with van der Waals surface area (Å²) in [4.78, 5) is 24.0. The van der Waals surface area contributed by atoms with Crippen LogP contribution in [-0.2, 0) is 17.8 Å². The fourth-order valence-electron chi connectivity index (χ4n) is 3.89. The van der Waals surface area contributed by atoms with Crippen LogP contribution in [0.1, 0.15) is 34.5 Å². The second kappa shape index (κ2) is 6.20. The lowest BCUT2D eigenvalue weighted by Gasteiger charge is -2.21. The van der Waals surface area contributed by atoms with E-state index in [1.165, 1.54) is 5.56 Å². The van der Waals surface area contributed by atoms with Crippen molar-refractivity contribution in [3.63, 3.8) is 0 Å². The van der Waals surface area contributed by atoms with E-state index < -0.39 is 11.9 Å². The third-order valence-electron chi connectivity index (χ3n) is 5.03. The van der Waals surface area contributed by atoms with Crippen molar-refractivity contribution in [3.8, 4) is 0 Å². The number of benzene rings is 2. The number of rotatable bonds is 4. The lowest BCUT2D eigenvalue weighted by molar-refractivity contribution is -0.137. The molecule has 2 aromatic carbocycles. The Balaban J connectivity index is 1.84. The molecule has 3 aromatic rings. The summed E-state index contributed by atoms with van der Waals surface area (Å²) in [6, 6.07) is 18.1. The zero-order valence-electron chi connectivity index (χ0n) is 13.8. The summed E-state index contributed by atoms with van der Waals surface area (Å²) in [5, 5.41) is 10.0. The van der Waals surface area contributed by atoms with Gasteiger partial charge in [-0.05, 0) is 24.5 Å². The van der Waals surface area contributed by atoms with E-state index in [4.69, 9.17) is 5.11 Å². The molecule has 0 saturated heterocycles. The molecule has 1 atom stereocenters. The molecule has 4 rings (SSSR count). The summed E-state index contributed by atoms with van der Waals surface area (Å²) in [6.45, 7) is 0.716. The average Bonchev–Trinajstić information content (AvgIpc) is 2.93.